The smallest absolute Gasteiger partial charge is 0.366 e. The number of fused-ring (bicyclic) bond motifs is 1. The van der Waals surface area contributed by atoms with E-state index in [1.165, 1.54) is 0 Å². The van der Waals surface area contributed by atoms with Crippen LogP contribution < -0.4 is 9.84 Å². The summed E-state index contributed by atoms with van der Waals surface area (Å²) in [5.41, 5.74) is 1.64. The number of pyridine rings is 1. The van der Waals surface area contributed by atoms with Gasteiger partial charge in [0.05, 0.1) is 18.9 Å². The number of hydrogen-bond donors (Lipinski definition) is 3. The van der Waals surface area contributed by atoms with Gasteiger partial charge < -0.3 is 24.6 Å². The lowest BCUT2D eigenvalue weighted by Gasteiger charge is -2.25. The first-order valence-corrected chi connectivity index (χ1v) is 6.81. The van der Waals surface area contributed by atoms with Crippen LogP contribution in [0.25, 0.3) is 0 Å². The molecule has 0 saturated heterocycles. The van der Waals surface area contributed by atoms with Crippen LogP contribution in [0.5, 0.6) is 5.88 Å². The van der Waals surface area contributed by atoms with Crippen LogP contribution in [0.15, 0.2) is 12.1 Å². The Morgan fingerprint density at radius 3 is 3.11 bits per heavy atom. The third-order valence-corrected chi connectivity index (χ3v) is 2.92. The Kier molecular flexibility index (Phi) is 4.68. The molecular formula is C10H15N2O5P. The third kappa shape index (κ3) is 3.28. The molecule has 0 aromatic carbocycles. The minimum atomic E-state index is -3.06. The summed E-state index contributed by atoms with van der Waals surface area (Å²) < 4.78 is 20.8. The summed E-state index contributed by atoms with van der Waals surface area (Å²) in [6.07, 6.45) is -0.287. The molecule has 2 unspecified atom stereocenters. The maximum atomic E-state index is 10.6. The lowest BCUT2D eigenvalue weighted by molar-refractivity contribution is 0.0212. The summed E-state index contributed by atoms with van der Waals surface area (Å²) in [7, 11) is -3.06. The van der Waals surface area contributed by atoms with Crippen molar-refractivity contribution in [2.24, 2.45) is 0 Å². The standard InChI is InChI=1S/C10H15N2O5P/c13-3-4-16-8-6-11-5-7-1-2-9(12-10(7)8)17-18(14)15/h1-2,8,11,13,18H,3-6H2,(H,14,15). The number of hydrogen-bond acceptors (Lipinski definition) is 6. The Balaban J connectivity index is 2.20. The molecule has 0 amide bonds. The highest BCUT2D eigenvalue weighted by Gasteiger charge is 2.22. The van der Waals surface area contributed by atoms with Crippen LogP contribution in [0, 0.1) is 0 Å². The van der Waals surface area contributed by atoms with Gasteiger partial charge in [0, 0.05) is 19.2 Å². The molecule has 1 aromatic heterocycles. The average Bonchev–Trinajstić information content (AvgIpc) is 2.35. The van der Waals surface area contributed by atoms with Gasteiger partial charge in [-0.1, -0.05) is 6.07 Å². The molecule has 18 heavy (non-hydrogen) atoms. The van der Waals surface area contributed by atoms with E-state index < -0.39 is 8.25 Å². The molecule has 1 aromatic rings. The quantitative estimate of drug-likeness (QED) is 0.649. The van der Waals surface area contributed by atoms with E-state index in [4.69, 9.17) is 19.3 Å². The molecule has 1 aliphatic heterocycles. The fourth-order valence-corrected chi connectivity index (χ4v) is 2.12. The van der Waals surface area contributed by atoms with Crippen molar-refractivity contribution in [3.63, 3.8) is 0 Å². The monoisotopic (exact) mass is 274 g/mol. The lowest BCUT2D eigenvalue weighted by Crippen LogP contribution is -2.31. The van der Waals surface area contributed by atoms with Crippen LogP contribution in [0.4, 0.5) is 0 Å². The van der Waals surface area contributed by atoms with Crippen LogP contribution in [-0.4, -0.2) is 34.7 Å². The fraction of sp³-hybridized carbons (Fsp3) is 0.500. The van der Waals surface area contributed by atoms with Gasteiger partial charge in [0.1, 0.15) is 6.10 Å². The molecule has 2 heterocycles. The van der Waals surface area contributed by atoms with E-state index in [0.29, 0.717) is 18.8 Å². The van der Waals surface area contributed by atoms with Gasteiger partial charge in [0.15, 0.2) is 0 Å². The Labute approximate surface area is 105 Å². The number of aliphatic hydroxyl groups is 1. The van der Waals surface area contributed by atoms with Crippen molar-refractivity contribution in [2.45, 2.75) is 12.6 Å². The molecule has 0 saturated carbocycles. The van der Waals surface area contributed by atoms with Crippen LogP contribution in [-0.2, 0) is 15.8 Å². The van der Waals surface area contributed by atoms with Crippen LogP contribution in [0.2, 0.25) is 0 Å². The number of ether oxygens (including phenoxy) is 1. The van der Waals surface area contributed by atoms with Gasteiger partial charge in [-0.2, -0.15) is 0 Å². The molecule has 7 nitrogen and oxygen atoms in total. The van der Waals surface area contributed by atoms with Crippen LogP contribution in [0.1, 0.15) is 17.4 Å². The Hall–Kier alpha value is -0.980. The summed E-state index contributed by atoms with van der Waals surface area (Å²) in [6, 6.07) is 3.33. The Bertz CT molecular complexity index is 442. The van der Waals surface area contributed by atoms with Crippen molar-refractivity contribution >= 4 is 8.25 Å². The highest BCUT2D eigenvalue weighted by Crippen LogP contribution is 2.28. The van der Waals surface area contributed by atoms with Gasteiger partial charge in [-0.05, 0) is 5.56 Å². The van der Waals surface area contributed by atoms with Crippen molar-refractivity contribution in [2.75, 3.05) is 19.8 Å². The van der Waals surface area contributed by atoms with Crippen molar-refractivity contribution in [1.82, 2.24) is 10.3 Å². The SMILES string of the molecule is O=[PH](O)Oc1ccc2c(n1)C(OCCO)CNC2. The summed E-state index contributed by atoms with van der Waals surface area (Å²) in [6.45, 7) is 1.40. The predicted octanol–water partition coefficient (Wildman–Crippen LogP) is -0.00440. The van der Waals surface area contributed by atoms with E-state index >= 15 is 0 Å². The van der Waals surface area contributed by atoms with Gasteiger partial charge in [0.2, 0.25) is 5.88 Å². The fourth-order valence-electron chi connectivity index (χ4n) is 1.83. The Morgan fingerprint density at radius 1 is 1.56 bits per heavy atom. The normalized spacial score (nSPS) is 20.2. The van der Waals surface area contributed by atoms with Crippen molar-refractivity contribution in [3.8, 4) is 5.88 Å². The van der Waals surface area contributed by atoms with E-state index in [-0.39, 0.29) is 25.2 Å². The van der Waals surface area contributed by atoms with Gasteiger partial charge in [0.25, 0.3) is 0 Å². The highest BCUT2D eigenvalue weighted by atomic mass is 31.1. The second kappa shape index (κ2) is 6.26. The number of aromatic nitrogens is 1. The zero-order valence-electron chi connectivity index (χ0n) is 9.63. The molecular weight excluding hydrogens is 259 g/mol. The molecule has 0 bridgehead atoms. The zero-order chi connectivity index (χ0) is 13.0. The number of nitrogens with zero attached hydrogens (tertiary/aromatic N) is 1. The van der Waals surface area contributed by atoms with Crippen LogP contribution >= 0.6 is 8.25 Å². The van der Waals surface area contributed by atoms with Gasteiger partial charge in [-0.3, -0.25) is 0 Å². The summed E-state index contributed by atoms with van der Waals surface area (Å²) in [4.78, 5) is 12.9. The second-order valence-electron chi connectivity index (χ2n) is 3.78. The largest absolute Gasteiger partial charge is 0.408 e. The molecule has 0 spiro atoms. The summed E-state index contributed by atoms with van der Waals surface area (Å²) >= 11 is 0. The summed E-state index contributed by atoms with van der Waals surface area (Å²) in [5.74, 6) is 0.111. The molecule has 2 atom stereocenters. The Morgan fingerprint density at radius 2 is 2.39 bits per heavy atom. The van der Waals surface area contributed by atoms with E-state index in [1.54, 1.807) is 12.1 Å². The minimum absolute atomic E-state index is 0.0631. The molecule has 0 fully saturated rings. The van der Waals surface area contributed by atoms with E-state index in [9.17, 15) is 4.57 Å². The first-order valence-electron chi connectivity index (χ1n) is 5.54. The highest BCUT2D eigenvalue weighted by molar-refractivity contribution is 7.32. The molecule has 1 aliphatic rings. The van der Waals surface area contributed by atoms with Crippen molar-refractivity contribution in [1.29, 1.82) is 0 Å². The van der Waals surface area contributed by atoms with Crippen molar-refractivity contribution < 1.29 is 23.8 Å². The van der Waals surface area contributed by atoms with Gasteiger partial charge in [-0.15, -0.1) is 0 Å². The second-order valence-corrected chi connectivity index (χ2v) is 4.51. The van der Waals surface area contributed by atoms with Crippen LogP contribution in [0.3, 0.4) is 0 Å². The molecule has 0 aliphatic carbocycles. The first-order chi connectivity index (χ1) is 8.70. The lowest BCUT2D eigenvalue weighted by atomic mass is 10.1. The molecule has 100 valence electrons. The van der Waals surface area contributed by atoms with E-state index in [0.717, 1.165) is 5.56 Å². The molecule has 2 rings (SSSR count). The van der Waals surface area contributed by atoms with Gasteiger partial charge in [-0.25, -0.2) is 9.55 Å². The summed E-state index contributed by atoms with van der Waals surface area (Å²) in [5, 5.41) is 11.9. The number of rotatable bonds is 5. The third-order valence-electron chi connectivity index (χ3n) is 2.54. The molecule has 3 N–H and O–H groups in total. The minimum Gasteiger partial charge on any atom is -0.408 e. The number of aliphatic hydroxyl groups excluding tert-OH is 1. The van der Waals surface area contributed by atoms with Crippen molar-refractivity contribution in [3.05, 3.63) is 23.4 Å². The molecule has 0 radical (unpaired) electrons. The zero-order valence-corrected chi connectivity index (χ0v) is 10.6. The van der Waals surface area contributed by atoms with E-state index in [1.807, 2.05) is 0 Å². The maximum Gasteiger partial charge on any atom is 0.366 e. The topological polar surface area (TPSA) is 101 Å². The average molecular weight is 274 g/mol. The maximum absolute atomic E-state index is 10.6. The predicted molar refractivity (Wildman–Crippen MR) is 63.6 cm³/mol. The number of nitrogens with one attached hydrogen (secondary N) is 1. The first kappa shape index (κ1) is 13.5. The molecule has 8 heteroatoms. The van der Waals surface area contributed by atoms with Gasteiger partial charge >= 0.3 is 8.25 Å². The van der Waals surface area contributed by atoms with E-state index in [2.05, 4.69) is 10.3 Å².